The van der Waals surface area contributed by atoms with E-state index in [2.05, 4.69) is 4.98 Å². The summed E-state index contributed by atoms with van der Waals surface area (Å²) in [6.45, 7) is 0. The number of hydrogen-bond acceptors (Lipinski definition) is 5. The van der Waals surface area contributed by atoms with E-state index in [9.17, 15) is 18.0 Å². The van der Waals surface area contributed by atoms with Crippen LogP contribution in [0.3, 0.4) is 0 Å². The topological polar surface area (TPSA) is 109 Å². The lowest BCUT2D eigenvalue weighted by Gasteiger charge is -2.08. The molecule has 2 aromatic carbocycles. The van der Waals surface area contributed by atoms with Crippen LogP contribution in [0.25, 0.3) is 10.9 Å². The minimum Gasteiger partial charge on any atom is -0.379 e. The summed E-state index contributed by atoms with van der Waals surface area (Å²) in [6, 6.07) is 7.62. The summed E-state index contributed by atoms with van der Waals surface area (Å²) in [6.07, 6.45) is 0. The quantitative estimate of drug-likeness (QED) is 0.671. The van der Waals surface area contributed by atoms with Crippen molar-refractivity contribution in [3.8, 4) is 5.75 Å². The fraction of sp³-hybridized carbons (Fsp3) is 0. The van der Waals surface area contributed by atoms with E-state index < -0.39 is 21.4 Å². The molecule has 0 aliphatic carbocycles. The molecular weight excluding hydrogens is 379 g/mol. The third-order valence-corrected chi connectivity index (χ3v) is 5.08. The minimum atomic E-state index is -4.21. The van der Waals surface area contributed by atoms with Crippen LogP contribution in [0.15, 0.2) is 50.9 Å². The second-order valence-corrected chi connectivity index (χ2v) is 7.09. The summed E-state index contributed by atoms with van der Waals surface area (Å²) in [7, 11) is -4.21. The van der Waals surface area contributed by atoms with E-state index in [4.69, 9.17) is 27.4 Å². The second-order valence-electron chi connectivity index (χ2n) is 4.73. The monoisotopic (exact) mass is 386 g/mol. The predicted molar refractivity (Wildman–Crippen MR) is 89.5 cm³/mol. The third kappa shape index (κ3) is 3.16. The number of fused-ring (bicyclic) bond motifs is 1. The first-order valence-electron chi connectivity index (χ1n) is 6.42. The first-order chi connectivity index (χ1) is 11.3. The number of aromatic amines is 2. The highest BCUT2D eigenvalue weighted by Crippen LogP contribution is 2.28. The van der Waals surface area contributed by atoms with Gasteiger partial charge in [0, 0.05) is 6.07 Å². The molecule has 0 spiro atoms. The van der Waals surface area contributed by atoms with Gasteiger partial charge in [0.1, 0.15) is 10.6 Å². The Hall–Kier alpha value is -2.29. The predicted octanol–water partition coefficient (Wildman–Crippen LogP) is 2.29. The van der Waals surface area contributed by atoms with Crippen molar-refractivity contribution in [2.24, 2.45) is 0 Å². The average molecular weight is 387 g/mol. The molecule has 3 rings (SSSR count). The highest BCUT2D eigenvalue weighted by Gasteiger charge is 2.18. The van der Waals surface area contributed by atoms with Gasteiger partial charge in [0.25, 0.3) is 5.56 Å². The van der Waals surface area contributed by atoms with Gasteiger partial charge in [-0.2, -0.15) is 8.42 Å². The number of hydrogen-bond donors (Lipinski definition) is 2. The molecule has 0 unspecified atom stereocenters. The highest BCUT2D eigenvalue weighted by atomic mass is 35.5. The van der Waals surface area contributed by atoms with Crippen LogP contribution in [0.2, 0.25) is 10.0 Å². The zero-order valence-electron chi connectivity index (χ0n) is 11.7. The fourth-order valence-electron chi connectivity index (χ4n) is 2.00. The van der Waals surface area contributed by atoms with E-state index in [0.717, 1.165) is 6.07 Å². The van der Waals surface area contributed by atoms with Crippen LogP contribution in [0.5, 0.6) is 5.75 Å². The first-order valence-corrected chi connectivity index (χ1v) is 8.58. The smallest absolute Gasteiger partial charge is 0.339 e. The van der Waals surface area contributed by atoms with Crippen molar-refractivity contribution < 1.29 is 12.6 Å². The Balaban J connectivity index is 2.06. The van der Waals surface area contributed by atoms with Crippen molar-refractivity contribution in [3.63, 3.8) is 0 Å². The van der Waals surface area contributed by atoms with Gasteiger partial charge in [-0.3, -0.25) is 9.78 Å². The van der Waals surface area contributed by atoms with Crippen LogP contribution >= 0.6 is 23.2 Å². The lowest BCUT2D eigenvalue weighted by molar-refractivity contribution is 0.486. The Labute approximate surface area is 144 Å². The van der Waals surface area contributed by atoms with Crippen molar-refractivity contribution in [2.75, 3.05) is 0 Å². The Morgan fingerprint density at radius 1 is 0.917 bits per heavy atom. The standard InChI is InChI=1S/C14H8Cl2N2O5S/c15-10-3-1-7(5-11(10)16)23-24(21,22)8-2-4-12-9(6-8)13(19)18-14(20)17-12/h1-6H,(H2,17,18,19,20). The SMILES string of the molecule is O=c1[nH]c(=O)c2cc(S(=O)(=O)Oc3ccc(Cl)c(Cl)c3)ccc2[nH]1. The summed E-state index contributed by atoms with van der Waals surface area (Å²) in [5.41, 5.74) is -1.19. The van der Waals surface area contributed by atoms with Crippen LogP contribution < -0.4 is 15.4 Å². The molecule has 124 valence electrons. The summed E-state index contributed by atoms with van der Waals surface area (Å²) in [5, 5.41) is 0.396. The van der Waals surface area contributed by atoms with Crippen LogP contribution in [-0.2, 0) is 10.1 Å². The Morgan fingerprint density at radius 3 is 2.38 bits per heavy atom. The molecule has 0 amide bonds. The molecule has 0 saturated carbocycles. The molecule has 7 nitrogen and oxygen atoms in total. The number of rotatable bonds is 3. The van der Waals surface area contributed by atoms with E-state index in [-0.39, 0.29) is 31.6 Å². The molecule has 1 heterocycles. The van der Waals surface area contributed by atoms with E-state index >= 15 is 0 Å². The van der Waals surface area contributed by atoms with Gasteiger partial charge in [-0.15, -0.1) is 0 Å². The molecule has 24 heavy (non-hydrogen) atoms. The van der Waals surface area contributed by atoms with Crippen LogP contribution in [0, 0.1) is 0 Å². The van der Waals surface area contributed by atoms with Crippen molar-refractivity contribution >= 4 is 44.2 Å². The summed E-state index contributed by atoms with van der Waals surface area (Å²) >= 11 is 11.6. The second kappa shape index (κ2) is 5.97. The maximum Gasteiger partial charge on any atom is 0.339 e. The molecule has 0 fully saturated rings. The van der Waals surface area contributed by atoms with Crippen molar-refractivity contribution in [1.29, 1.82) is 0 Å². The van der Waals surface area contributed by atoms with Crippen LogP contribution in [0.4, 0.5) is 0 Å². The average Bonchev–Trinajstić information content (AvgIpc) is 2.50. The Morgan fingerprint density at radius 2 is 1.67 bits per heavy atom. The lowest BCUT2D eigenvalue weighted by atomic mass is 10.2. The van der Waals surface area contributed by atoms with Gasteiger partial charge in [0.15, 0.2) is 0 Å². The van der Waals surface area contributed by atoms with Gasteiger partial charge in [-0.1, -0.05) is 23.2 Å². The van der Waals surface area contributed by atoms with Crippen LogP contribution in [0.1, 0.15) is 0 Å². The number of benzene rings is 2. The Kier molecular flexibility index (Phi) is 4.12. The number of H-pyrrole nitrogens is 2. The number of halogens is 2. The molecule has 0 aliphatic heterocycles. The molecule has 0 bridgehead atoms. The lowest BCUT2D eigenvalue weighted by Crippen LogP contribution is -2.22. The zero-order valence-corrected chi connectivity index (χ0v) is 14.0. The number of aromatic nitrogens is 2. The van der Waals surface area contributed by atoms with E-state index in [1.54, 1.807) is 0 Å². The zero-order chi connectivity index (χ0) is 17.5. The van der Waals surface area contributed by atoms with E-state index in [1.165, 1.54) is 30.3 Å². The van der Waals surface area contributed by atoms with Gasteiger partial charge < -0.3 is 9.17 Å². The highest BCUT2D eigenvalue weighted by molar-refractivity contribution is 7.87. The molecule has 0 saturated heterocycles. The Bertz CT molecular complexity index is 1170. The molecule has 2 N–H and O–H groups in total. The van der Waals surface area contributed by atoms with Gasteiger partial charge in [0.2, 0.25) is 0 Å². The summed E-state index contributed by atoms with van der Waals surface area (Å²) in [5.74, 6) is -0.0279. The normalized spacial score (nSPS) is 11.6. The molecule has 0 radical (unpaired) electrons. The maximum absolute atomic E-state index is 12.3. The van der Waals surface area contributed by atoms with Crippen molar-refractivity contribution in [2.45, 2.75) is 4.90 Å². The molecule has 0 atom stereocenters. The van der Waals surface area contributed by atoms with E-state index in [1.807, 2.05) is 4.98 Å². The van der Waals surface area contributed by atoms with Gasteiger partial charge in [0.05, 0.1) is 20.9 Å². The number of nitrogens with one attached hydrogen (secondary N) is 2. The molecule has 1 aromatic heterocycles. The van der Waals surface area contributed by atoms with Gasteiger partial charge >= 0.3 is 15.8 Å². The van der Waals surface area contributed by atoms with Crippen molar-refractivity contribution in [1.82, 2.24) is 9.97 Å². The van der Waals surface area contributed by atoms with Crippen molar-refractivity contribution in [3.05, 3.63) is 67.3 Å². The summed E-state index contributed by atoms with van der Waals surface area (Å²) in [4.78, 5) is 27.1. The van der Waals surface area contributed by atoms with Gasteiger partial charge in [-0.05, 0) is 30.3 Å². The molecule has 10 heteroatoms. The first kappa shape index (κ1) is 16.6. The minimum absolute atomic E-state index is 0.00779. The molecule has 0 aliphatic rings. The van der Waals surface area contributed by atoms with Crippen LogP contribution in [-0.4, -0.2) is 18.4 Å². The molecular formula is C14H8Cl2N2O5S. The fourth-order valence-corrected chi connectivity index (χ4v) is 3.24. The molecule has 3 aromatic rings. The maximum atomic E-state index is 12.3. The summed E-state index contributed by atoms with van der Waals surface area (Å²) < 4.78 is 29.7. The third-order valence-electron chi connectivity index (χ3n) is 3.10. The van der Waals surface area contributed by atoms with E-state index in [0.29, 0.717) is 0 Å². The van der Waals surface area contributed by atoms with Gasteiger partial charge in [-0.25, -0.2) is 4.79 Å². The largest absolute Gasteiger partial charge is 0.379 e.